The van der Waals surface area contributed by atoms with Gasteiger partial charge in [-0.2, -0.15) is 0 Å². The Morgan fingerprint density at radius 3 is 1.69 bits per heavy atom. The minimum atomic E-state index is -0.753. The Balaban J connectivity index is 3.43. The van der Waals surface area contributed by atoms with Crippen molar-refractivity contribution < 1.29 is 19.1 Å². The molecule has 156 valence electrons. The summed E-state index contributed by atoms with van der Waals surface area (Å²) in [4.78, 5) is 11.4. The molecule has 0 bridgehead atoms. The van der Waals surface area contributed by atoms with Crippen molar-refractivity contribution in [1.29, 1.82) is 0 Å². The number of ether oxygens (including phenoxy) is 1. The normalized spacial score (nSPS) is 12.5. The lowest BCUT2D eigenvalue weighted by Gasteiger charge is -2.41. The quantitative estimate of drug-likeness (QED) is 0.250. The summed E-state index contributed by atoms with van der Waals surface area (Å²) < 4.78 is 6.23. The van der Waals surface area contributed by atoms with Crippen LogP contribution in [0.4, 0.5) is 0 Å². The predicted molar refractivity (Wildman–Crippen MR) is 111 cm³/mol. The number of carboxylic acid groups (broad SMARTS) is 1. The zero-order valence-electron chi connectivity index (χ0n) is 18.3. The molecule has 1 N–H and O–H groups in total. The predicted octanol–water partition coefficient (Wildman–Crippen LogP) is 5.64. The number of hydrogen-bond acceptors (Lipinski definition) is 2. The van der Waals surface area contributed by atoms with Crippen molar-refractivity contribution in [1.82, 2.24) is 0 Å². The van der Waals surface area contributed by atoms with Crippen molar-refractivity contribution in [2.75, 3.05) is 33.9 Å². The molecule has 0 saturated carbocycles. The van der Waals surface area contributed by atoms with Crippen LogP contribution in [0.15, 0.2) is 0 Å². The van der Waals surface area contributed by atoms with Gasteiger partial charge in [-0.1, -0.05) is 64.7 Å². The summed E-state index contributed by atoms with van der Waals surface area (Å²) in [5.74, 6) is -0.736. The fourth-order valence-corrected chi connectivity index (χ4v) is 3.04. The molecule has 26 heavy (non-hydrogen) atoms. The molecule has 0 atom stereocenters. The summed E-state index contributed by atoms with van der Waals surface area (Å²) in [6, 6.07) is 0. The zero-order valence-corrected chi connectivity index (χ0v) is 18.3. The Kier molecular flexibility index (Phi) is 14.1. The molecular formula is C22H46NO3+. The Morgan fingerprint density at radius 1 is 0.808 bits per heavy atom. The molecule has 0 amide bonds. The van der Waals surface area contributed by atoms with Gasteiger partial charge in [-0.3, -0.25) is 0 Å². The zero-order chi connectivity index (χ0) is 19.9. The Labute approximate surface area is 162 Å². The number of nitrogens with zero attached hydrogens (tertiary/aromatic N) is 1. The SMILES string of the molecule is CCCCCCCCCCCCOCCCC[N+](C)(C)C(C)(C)C(=O)O. The van der Waals surface area contributed by atoms with E-state index in [1.54, 1.807) is 13.8 Å². The van der Waals surface area contributed by atoms with Crippen molar-refractivity contribution in [2.45, 2.75) is 103 Å². The fourth-order valence-electron chi connectivity index (χ4n) is 3.04. The second-order valence-corrected chi connectivity index (χ2v) is 8.77. The van der Waals surface area contributed by atoms with Gasteiger partial charge in [0, 0.05) is 27.1 Å². The maximum Gasteiger partial charge on any atom is 0.365 e. The van der Waals surface area contributed by atoms with E-state index < -0.39 is 11.5 Å². The maximum absolute atomic E-state index is 11.4. The van der Waals surface area contributed by atoms with E-state index in [-0.39, 0.29) is 0 Å². The first kappa shape index (κ1) is 25.4. The number of carbonyl (C=O) groups is 1. The van der Waals surface area contributed by atoms with E-state index in [4.69, 9.17) is 4.74 Å². The third-order valence-electron chi connectivity index (χ3n) is 5.93. The molecule has 4 heteroatoms. The van der Waals surface area contributed by atoms with Crippen LogP contribution in [0.3, 0.4) is 0 Å². The largest absolute Gasteiger partial charge is 0.477 e. The standard InChI is InChI=1S/C22H45NO3/c1-6-7-8-9-10-11-12-13-14-16-19-26-20-17-15-18-23(4,5)22(2,3)21(24)25/h6-20H2,1-5H3/p+1. The monoisotopic (exact) mass is 372 g/mol. The molecule has 0 radical (unpaired) electrons. The van der Waals surface area contributed by atoms with Gasteiger partial charge >= 0.3 is 5.97 Å². The van der Waals surface area contributed by atoms with Gasteiger partial charge in [-0.15, -0.1) is 0 Å². The average molecular weight is 373 g/mol. The summed E-state index contributed by atoms with van der Waals surface area (Å²) in [5.41, 5.74) is -0.753. The molecular weight excluding hydrogens is 326 g/mol. The van der Waals surface area contributed by atoms with Crippen LogP contribution in [0.2, 0.25) is 0 Å². The maximum atomic E-state index is 11.4. The van der Waals surface area contributed by atoms with E-state index in [0.717, 1.165) is 32.6 Å². The van der Waals surface area contributed by atoms with Crippen LogP contribution in [-0.4, -0.2) is 55.0 Å². The molecule has 0 fully saturated rings. The van der Waals surface area contributed by atoms with Gasteiger partial charge in [0.2, 0.25) is 0 Å². The number of carboxylic acids is 1. The van der Waals surface area contributed by atoms with Crippen molar-refractivity contribution in [2.24, 2.45) is 0 Å². The first-order valence-corrected chi connectivity index (χ1v) is 10.9. The van der Waals surface area contributed by atoms with Crippen LogP contribution >= 0.6 is 0 Å². The number of unbranched alkanes of at least 4 members (excludes halogenated alkanes) is 10. The van der Waals surface area contributed by atoms with E-state index in [9.17, 15) is 9.90 Å². The van der Waals surface area contributed by atoms with E-state index in [1.165, 1.54) is 64.2 Å². The molecule has 0 saturated heterocycles. The van der Waals surface area contributed by atoms with E-state index >= 15 is 0 Å². The van der Waals surface area contributed by atoms with Crippen LogP contribution in [-0.2, 0) is 9.53 Å². The lowest BCUT2D eigenvalue weighted by Crippen LogP contribution is -2.60. The van der Waals surface area contributed by atoms with Crippen LogP contribution in [0.25, 0.3) is 0 Å². The highest BCUT2D eigenvalue weighted by molar-refractivity contribution is 5.76. The van der Waals surface area contributed by atoms with Crippen molar-refractivity contribution >= 4 is 5.97 Å². The molecule has 0 aliphatic rings. The molecule has 4 nitrogen and oxygen atoms in total. The Morgan fingerprint density at radius 2 is 1.23 bits per heavy atom. The van der Waals surface area contributed by atoms with Crippen molar-refractivity contribution in [3.63, 3.8) is 0 Å². The van der Waals surface area contributed by atoms with E-state index in [2.05, 4.69) is 6.92 Å². The molecule has 0 aromatic heterocycles. The molecule has 0 aromatic rings. The lowest BCUT2D eigenvalue weighted by molar-refractivity contribution is -0.928. The molecule has 0 heterocycles. The van der Waals surface area contributed by atoms with Crippen molar-refractivity contribution in [3.8, 4) is 0 Å². The third-order valence-corrected chi connectivity index (χ3v) is 5.93. The van der Waals surface area contributed by atoms with Crippen LogP contribution in [0, 0.1) is 0 Å². The lowest BCUT2D eigenvalue weighted by atomic mass is 10.0. The Bertz CT molecular complexity index is 353. The van der Waals surface area contributed by atoms with Gasteiger partial charge in [0.05, 0.1) is 20.6 Å². The van der Waals surface area contributed by atoms with Crippen LogP contribution in [0.5, 0.6) is 0 Å². The highest BCUT2D eigenvalue weighted by atomic mass is 16.5. The van der Waals surface area contributed by atoms with Gasteiger partial charge in [0.25, 0.3) is 0 Å². The summed E-state index contributed by atoms with van der Waals surface area (Å²) >= 11 is 0. The summed E-state index contributed by atoms with van der Waals surface area (Å²) in [6.45, 7) is 8.40. The van der Waals surface area contributed by atoms with E-state index in [1.807, 2.05) is 14.1 Å². The topological polar surface area (TPSA) is 46.5 Å². The minimum Gasteiger partial charge on any atom is -0.477 e. The first-order valence-electron chi connectivity index (χ1n) is 10.9. The number of rotatable bonds is 18. The second kappa shape index (κ2) is 14.4. The molecule has 0 aliphatic carbocycles. The average Bonchev–Trinajstić information content (AvgIpc) is 2.58. The van der Waals surface area contributed by atoms with Crippen molar-refractivity contribution in [3.05, 3.63) is 0 Å². The van der Waals surface area contributed by atoms with Gasteiger partial charge in [-0.05, 0) is 19.3 Å². The second-order valence-electron chi connectivity index (χ2n) is 8.77. The van der Waals surface area contributed by atoms with Gasteiger partial charge in [0.1, 0.15) is 0 Å². The number of quaternary nitrogens is 1. The summed E-state index contributed by atoms with van der Waals surface area (Å²) in [6.07, 6.45) is 15.5. The Hall–Kier alpha value is -0.610. The van der Waals surface area contributed by atoms with Gasteiger partial charge in [-0.25, -0.2) is 4.79 Å². The smallest absolute Gasteiger partial charge is 0.365 e. The third kappa shape index (κ3) is 11.2. The minimum absolute atomic E-state index is 0.501. The fraction of sp³-hybridized carbons (Fsp3) is 0.955. The summed E-state index contributed by atoms with van der Waals surface area (Å²) in [7, 11) is 4.00. The highest BCUT2D eigenvalue weighted by Gasteiger charge is 2.43. The summed E-state index contributed by atoms with van der Waals surface area (Å²) in [5, 5.41) is 9.36. The van der Waals surface area contributed by atoms with E-state index in [0.29, 0.717) is 4.48 Å². The molecule has 0 unspecified atom stereocenters. The highest BCUT2D eigenvalue weighted by Crippen LogP contribution is 2.21. The molecule has 0 spiro atoms. The number of aliphatic carboxylic acids is 1. The number of hydrogen-bond donors (Lipinski definition) is 1. The molecule has 0 aliphatic heterocycles. The van der Waals surface area contributed by atoms with Gasteiger partial charge < -0.3 is 14.3 Å². The first-order chi connectivity index (χ1) is 12.3. The van der Waals surface area contributed by atoms with Crippen LogP contribution < -0.4 is 0 Å². The molecule has 0 aromatic carbocycles. The number of likely N-dealkylation sites (N-methyl/N-ethyl adjacent to an activating group) is 1. The molecule has 0 rings (SSSR count). The van der Waals surface area contributed by atoms with Gasteiger partial charge in [0.15, 0.2) is 5.54 Å². The van der Waals surface area contributed by atoms with Crippen LogP contribution in [0.1, 0.15) is 97.8 Å².